The highest BCUT2D eigenvalue weighted by Gasteiger charge is 2.31. The number of rotatable bonds is 5. The van der Waals surface area contributed by atoms with E-state index in [1.807, 2.05) is 18.2 Å². The first-order valence-corrected chi connectivity index (χ1v) is 9.03. The number of nitrogens with one attached hydrogen (secondary N) is 1. The van der Waals surface area contributed by atoms with Gasteiger partial charge in [0, 0.05) is 17.1 Å². The molecule has 0 bridgehead atoms. The van der Waals surface area contributed by atoms with Gasteiger partial charge in [0.15, 0.2) is 0 Å². The lowest BCUT2D eigenvalue weighted by Crippen LogP contribution is -2.28. The van der Waals surface area contributed by atoms with E-state index in [4.69, 9.17) is 5.73 Å². The molecule has 1 aromatic carbocycles. The summed E-state index contributed by atoms with van der Waals surface area (Å²) in [6, 6.07) is 12.0. The molecule has 10 heteroatoms. The molecule has 0 fully saturated rings. The predicted octanol–water partition coefficient (Wildman–Crippen LogP) is 3.33. The average Bonchev–Trinajstić information content (AvgIpc) is 3.07. The zero-order valence-electron chi connectivity index (χ0n) is 14.7. The predicted molar refractivity (Wildman–Crippen MR) is 103 cm³/mol. The fourth-order valence-electron chi connectivity index (χ4n) is 2.56. The first-order valence-electron chi connectivity index (χ1n) is 8.22. The van der Waals surface area contributed by atoms with E-state index in [9.17, 15) is 27.6 Å². The molecule has 0 aliphatic carbocycles. The van der Waals surface area contributed by atoms with Gasteiger partial charge in [0.05, 0.1) is 11.1 Å². The van der Waals surface area contributed by atoms with Crippen molar-refractivity contribution in [2.45, 2.75) is 12.7 Å². The quantitative estimate of drug-likeness (QED) is 0.662. The molecule has 2 aromatic heterocycles. The monoisotopic (exact) mass is 421 g/mol. The topological polar surface area (TPSA) is 94.2 Å². The van der Waals surface area contributed by atoms with Gasteiger partial charge in [-0.3, -0.25) is 14.4 Å². The number of hydrogen-bond acceptors (Lipinski definition) is 4. The number of aromatic nitrogens is 1. The minimum absolute atomic E-state index is 0.0681. The van der Waals surface area contributed by atoms with Crippen LogP contribution in [0.1, 0.15) is 15.9 Å². The van der Waals surface area contributed by atoms with E-state index < -0.39 is 35.7 Å². The summed E-state index contributed by atoms with van der Waals surface area (Å²) in [5.74, 6) is -1.54. The van der Waals surface area contributed by atoms with Gasteiger partial charge < -0.3 is 15.6 Å². The number of halogens is 3. The smallest absolute Gasteiger partial charge is 0.366 e. The molecule has 0 aliphatic heterocycles. The summed E-state index contributed by atoms with van der Waals surface area (Å²) in [6.07, 6.45) is -4.08. The maximum Gasteiger partial charge on any atom is 0.417 e. The number of nitrogens with two attached hydrogens (primary N) is 1. The highest BCUT2D eigenvalue weighted by molar-refractivity contribution is 7.20. The third-order valence-corrected chi connectivity index (χ3v) is 5.03. The maximum absolute atomic E-state index is 12.8. The Labute approximate surface area is 166 Å². The first-order chi connectivity index (χ1) is 13.6. The van der Waals surface area contributed by atoms with Crippen molar-refractivity contribution in [1.82, 2.24) is 4.57 Å². The van der Waals surface area contributed by atoms with Gasteiger partial charge >= 0.3 is 6.18 Å². The third kappa shape index (κ3) is 4.72. The standard InChI is InChI=1S/C19H14F3N3O3S/c20-19(21,22)12-6-7-16(27)25(9-12)10-15(26)24-18-13(17(23)28)8-14(29-18)11-4-2-1-3-5-11/h1-9H,10H2,(H2,23,28)(H,24,26). The van der Waals surface area contributed by atoms with Crippen molar-refractivity contribution in [2.24, 2.45) is 5.73 Å². The number of anilines is 1. The Hall–Kier alpha value is -3.40. The van der Waals surface area contributed by atoms with Crippen molar-refractivity contribution in [3.05, 3.63) is 76.2 Å². The van der Waals surface area contributed by atoms with Crippen LogP contribution in [0.3, 0.4) is 0 Å². The molecule has 6 nitrogen and oxygen atoms in total. The summed E-state index contributed by atoms with van der Waals surface area (Å²) in [5.41, 5.74) is 4.42. The number of alkyl halides is 3. The van der Waals surface area contributed by atoms with Gasteiger partial charge in [0.1, 0.15) is 11.5 Å². The first kappa shape index (κ1) is 20.3. The highest BCUT2D eigenvalue weighted by Crippen LogP contribution is 2.35. The second-order valence-electron chi connectivity index (χ2n) is 6.01. The summed E-state index contributed by atoms with van der Waals surface area (Å²) in [4.78, 5) is 36.5. The Morgan fingerprint density at radius 3 is 2.41 bits per heavy atom. The third-order valence-electron chi connectivity index (χ3n) is 3.93. The molecule has 0 aliphatic rings. The average molecular weight is 421 g/mol. The summed E-state index contributed by atoms with van der Waals surface area (Å²) in [7, 11) is 0. The van der Waals surface area contributed by atoms with E-state index in [0.717, 1.165) is 23.0 Å². The SMILES string of the molecule is NC(=O)c1cc(-c2ccccc2)sc1NC(=O)Cn1cc(C(F)(F)F)ccc1=O. The summed E-state index contributed by atoms with van der Waals surface area (Å²) in [5, 5.41) is 2.61. The number of nitrogens with zero attached hydrogens (tertiary/aromatic N) is 1. The molecule has 3 rings (SSSR count). The number of benzene rings is 1. The Bertz CT molecular complexity index is 1120. The molecule has 0 unspecified atom stereocenters. The number of thiophene rings is 1. The molecule has 150 valence electrons. The van der Waals surface area contributed by atoms with Crippen molar-refractivity contribution >= 4 is 28.2 Å². The minimum atomic E-state index is -4.65. The fraction of sp³-hybridized carbons (Fsp3) is 0.105. The zero-order valence-corrected chi connectivity index (χ0v) is 15.5. The molecule has 0 radical (unpaired) electrons. The zero-order chi connectivity index (χ0) is 21.2. The van der Waals surface area contributed by atoms with Crippen LogP contribution in [-0.2, 0) is 17.5 Å². The van der Waals surface area contributed by atoms with Gasteiger partial charge in [-0.15, -0.1) is 11.3 Å². The summed E-state index contributed by atoms with van der Waals surface area (Å²) < 4.78 is 39.1. The van der Waals surface area contributed by atoms with Crippen LogP contribution in [-0.4, -0.2) is 16.4 Å². The number of primary amides is 1. The molecule has 3 aromatic rings. The van der Waals surface area contributed by atoms with E-state index >= 15 is 0 Å². The maximum atomic E-state index is 12.8. The van der Waals surface area contributed by atoms with E-state index in [-0.39, 0.29) is 10.6 Å². The van der Waals surface area contributed by atoms with Crippen LogP contribution in [0.4, 0.5) is 18.2 Å². The second-order valence-corrected chi connectivity index (χ2v) is 7.07. The van der Waals surface area contributed by atoms with E-state index in [2.05, 4.69) is 5.32 Å². The molecular formula is C19H14F3N3O3S. The Balaban J connectivity index is 1.85. The number of carbonyl (C=O) groups excluding carboxylic acids is 2. The Morgan fingerprint density at radius 2 is 1.79 bits per heavy atom. The lowest BCUT2D eigenvalue weighted by molar-refractivity contribution is -0.138. The van der Waals surface area contributed by atoms with Crippen molar-refractivity contribution < 1.29 is 22.8 Å². The van der Waals surface area contributed by atoms with Crippen LogP contribution in [0.2, 0.25) is 0 Å². The van der Waals surface area contributed by atoms with E-state index in [0.29, 0.717) is 21.7 Å². The number of carbonyl (C=O) groups is 2. The van der Waals surface area contributed by atoms with Crippen LogP contribution in [0, 0.1) is 0 Å². The largest absolute Gasteiger partial charge is 0.417 e. The van der Waals surface area contributed by atoms with Crippen molar-refractivity contribution in [3.8, 4) is 10.4 Å². The summed E-state index contributed by atoms with van der Waals surface area (Å²) in [6.45, 7) is -0.653. The molecule has 0 saturated heterocycles. The van der Waals surface area contributed by atoms with Gasteiger partial charge in [0.25, 0.3) is 11.5 Å². The molecular weight excluding hydrogens is 407 g/mol. The Kier molecular flexibility index (Phi) is 5.55. The molecule has 2 amide bonds. The van der Waals surface area contributed by atoms with Gasteiger partial charge in [-0.25, -0.2) is 0 Å². The van der Waals surface area contributed by atoms with Crippen molar-refractivity contribution in [1.29, 1.82) is 0 Å². The molecule has 0 saturated carbocycles. The van der Waals surface area contributed by atoms with E-state index in [1.165, 1.54) is 6.07 Å². The van der Waals surface area contributed by atoms with Gasteiger partial charge in [0.2, 0.25) is 5.91 Å². The van der Waals surface area contributed by atoms with Crippen LogP contribution in [0.25, 0.3) is 10.4 Å². The van der Waals surface area contributed by atoms with Crippen LogP contribution in [0.15, 0.2) is 59.5 Å². The molecule has 0 spiro atoms. The summed E-state index contributed by atoms with van der Waals surface area (Å²) >= 11 is 1.09. The molecule has 3 N–H and O–H groups in total. The minimum Gasteiger partial charge on any atom is -0.366 e. The van der Waals surface area contributed by atoms with Gasteiger partial charge in [-0.2, -0.15) is 13.2 Å². The number of hydrogen-bond donors (Lipinski definition) is 2. The van der Waals surface area contributed by atoms with Crippen LogP contribution >= 0.6 is 11.3 Å². The van der Waals surface area contributed by atoms with Crippen molar-refractivity contribution in [3.63, 3.8) is 0 Å². The Morgan fingerprint density at radius 1 is 1.10 bits per heavy atom. The van der Waals surface area contributed by atoms with Crippen LogP contribution in [0.5, 0.6) is 0 Å². The van der Waals surface area contributed by atoms with Gasteiger partial charge in [-0.05, 0) is 17.7 Å². The molecule has 0 atom stereocenters. The van der Waals surface area contributed by atoms with Crippen molar-refractivity contribution in [2.75, 3.05) is 5.32 Å². The second kappa shape index (κ2) is 7.92. The lowest BCUT2D eigenvalue weighted by Gasteiger charge is -2.10. The van der Waals surface area contributed by atoms with Gasteiger partial charge in [-0.1, -0.05) is 30.3 Å². The number of pyridine rings is 1. The van der Waals surface area contributed by atoms with E-state index in [1.54, 1.807) is 12.1 Å². The highest BCUT2D eigenvalue weighted by atomic mass is 32.1. The lowest BCUT2D eigenvalue weighted by atomic mass is 10.1. The normalized spacial score (nSPS) is 11.3. The van der Waals surface area contributed by atoms with Crippen LogP contribution < -0.4 is 16.6 Å². The molecule has 2 heterocycles. The number of amides is 2. The fourth-order valence-corrected chi connectivity index (χ4v) is 3.64. The molecule has 29 heavy (non-hydrogen) atoms.